The summed E-state index contributed by atoms with van der Waals surface area (Å²) in [5.41, 5.74) is 2.64. The minimum absolute atomic E-state index is 0.154. The second-order valence-electron chi connectivity index (χ2n) is 6.85. The average Bonchev–Trinajstić information content (AvgIpc) is 3.15. The number of anilines is 2. The van der Waals surface area contributed by atoms with Crippen molar-refractivity contribution in [3.8, 4) is 6.07 Å². The number of aromatic nitrogens is 2. The molecule has 0 spiro atoms. The molecule has 4 rings (SSSR count). The van der Waals surface area contributed by atoms with Crippen molar-refractivity contribution in [3.05, 3.63) is 94.7 Å². The fraction of sp³-hybridized carbons (Fsp3) is 0.0870. The molecule has 1 amide bonds. The van der Waals surface area contributed by atoms with Gasteiger partial charge in [0.15, 0.2) is 0 Å². The van der Waals surface area contributed by atoms with Gasteiger partial charge in [-0.25, -0.2) is 0 Å². The highest BCUT2D eigenvalue weighted by Gasteiger charge is 2.12. The Labute approximate surface area is 172 Å². The van der Waals surface area contributed by atoms with E-state index in [4.69, 9.17) is 5.26 Å². The van der Waals surface area contributed by atoms with E-state index in [1.807, 2.05) is 53.4 Å². The lowest BCUT2D eigenvalue weighted by Crippen LogP contribution is -2.15. The summed E-state index contributed by atoms with van der Waals surface area (Å²) in [6, 6.07) is 18.2. The van der Waals surface area contributed by atoms with Gasteiger partial charge in [0, 0.05) is 48.0 Å². The summed E-state index contributed by atoms with van der Waals surface area (Å²) in [4.78, 5) is 26.7. The van der Waals surface area contributed by atoms with Crippen LogP contribution in [0.2, 0.25) is 0 Å². The van der Waals surface area contributed by atoms with E-state index in [9.17, 15) is 9.59 Å². The number of para-hydroxylation sites is 1. The highest BCUT2D eigenvalue weighted by Crippen LogP contribution is 2.22. The summed E-state index contributed by atoms with van der Waals surface area (Å²) < 4.78 is 1.81. The maximum atomic E-state index is 12.9. The summed E-state index contributed by atoms with van der Waals surface area (Å²) in [6.45, 7) is 0.754. The number of fused-ring (bicyclic) bond motifs is 1. The van der Waals surface area contributed by atoms with Crippen LogP contribution in [0.25, 0.3) is 10.8 Å². The molecule has 0 fully saturated rings. The zero-order chi connectivity index (χ0) is 20.9. The molecule has 7 heteroatoms. The molecule has 0 aliphatic heterocycles. The largest absolute Gasteiger partial charge is 0.380 e. The van der Waals surface area contributed by atoms with Crippen LogP contribution in [0.5, 0.6) is 0 Å². The van der Waals surface area contributed by atoms with Gasteiger partial charge in [-0.1, -0.05) is 24.3 Å². The average molecular weight is 397 g/mol. The summed E-state index contributed by atoms with van der Waals surface area (Å²) in [6.07, 6.45) is 5.43. The Balaban J connectivity index is 1.50. The van der Waals surface area contributed by atoms with Crippen LogP contribution in [0.3, 0.4) is 0 Å². The van der Waals surface area contributed by atoms with Crippen LogP contribution in [-0.4, -0.2) is 15.5 Å². The number of H-pyrrole nitrogens is 1. The molecular weight excluding hydrogens is 378 g/mol. The van der Waals surface area contributed by atoms with Gasteiger partial charge < -0.3 is 20.2 Å². The number of carbonyl (C=O) groups excluding carboxylic acids is 1. The summed E-state index contributed by atoms with van der Waals surface area (Å²) in [5.74, 6) is -0.227. The fourth-order valence-corrected chi connectivity index (χ4v) is 3.23. The van der Waals surface area contributed by atoms with E-state index in [1.165, 1.54) is 6.07 Å². The van der Waals surface area contributed by atoms with Crippen LogP contribution >= 0.6 is 0 Å². The lowest BCUT2D eigenvalue weighted by atomic mass is 10.1. The number of hydrogen-bond donors (Lipinski definition) is 3. The molecule has 30 heavy (non-hydrogen) atoms. The molecule has 0 radical (unpaired) electrons. The molecule has 2 aromatic carbocycles. The van der Waals surface area contributed by atoms with E-state index < -0.39 is 0 Å². The zero-order valence-electron chi connectivity index (χ0n) is 16.1. The molecule has 7 nitrogen and oxygen atoms in total. The van der Waals surface area contributed by atoms with Crippen molar-refractivity contribution in [2.75, 3.05) is 10.6 Å². The Morgan fingerprint density at radius 3 is 2.70 bits per heavy atom. The number of hydrogen-bond acceptors (Lipinski definition) is 4. The van der Waals surface area contributed by atoms with Gasteiger partial charge in [-0.05, 0) is 35.2 Å². The van der Waals surface area contributed by atoms with E-state index >= 15 is 0 Å². The lowest BCUT2D eigenvalue weighted by Gasteiger charge is -2.12. The fourth-order valence-electron chi connectivity index (χ4n) is 3.23. The number of nitrogens with one attached hydrogen (secondary N) is 3. The molecule has 2 aromatic heterocycles. The number of amides is 1. The third kappa shape index (κ3) is 4.23. The number of benzene rings is 2. The zero-order valence-corrected chi connectivity index (χ0v) is 16.1. The minimum Gasteiger partial charge on any atom is -0.380 e. The van der Waals surface area contributed by atoms with Crippen LogP contribution in [0.15, 0.2) is 78.0 Å². The minimum atomic E-state index is -0.227. The van der Waals surface area contributed by atoms with E-state index in [2.05, 4.69) is 21.7 Å². The van der Waals surface area contributed by atoms with Gasteiger partial charge in [0.1, 0.15) is 6.54 Å². The van der Waals surface area contributed by atoms with E-state index in [-0.39, 0.29) is 18.0 Å². The van der Waals surface area contributed by atoms with Crippen molar-refractivity contribution in [3.63, 3.8) is 0 Å². The highest BCUT2D eigenvalue weighted by atomic mass is 16.1. The smallest absolute Gasteiger partial charge is 0.257 e. The van der Waals surface area contributed by atoms with Crippen molar-refractivity contribution >= 4 is 28.1 Å². The predicted molar refractivity (Wildman–Crippen MR) is 116 cm³/mol. The van der Waals surface area contributed by atoms with Gasteiger partial charge in [0.25, 0.3) is 5.91 Å². The number of nitriles is 1. The highest BCUT2D eigenvalue weighted by molar-refractivity contribution is 6.08. The number of nitrogens with zero attached hydrogens (tertiary/aromatic N) is 2. The van der Waals surface area contributed by atoms with Gasteiger partial charge in [-0.2, -0.15) is 5.26 Å². The first kappa shape index (κ1) is 19.0. The second-order valence-corrected chi connectivity index (χ2v) is 6.85. The van der Waals surface area contributed by atoms with Gasteiger partial charge in [0.2, 0.25) is 5.56 Å². The van der Waals surface area contributed by atoms with Gasteiger partial charge in [-0.3, -0.25) is 9.59 Å². The molecule has 148 valence electrons. The number of carbonyl (C=O) groups is 1. The number of rotatable bonds is 6. The van der Waals surface area contributed by atoms with Crippen molar-refractivity contribution < 1.29 is 4.79 Å². The summed E-state index contributed by atoms with van der Waals surface area (Å²) >= 11 is 0. The first-order valence-corrected chi connectivity index (χ1v) is 9.41. The van der Waals surface area contributed by atoms with E-state index in [0.29, 0.717) is 23.5 Å². The molecule has 0 saturated heterocycles. The molecule has 0 saturated carbocycles. The second kappa shape index (κ2) is 8.37. The standard InChI is InChI=1S/C23H19N5O2/c24-9-10-28-14-17-6-7-19(11-18(17)15-28)27-23(30)20-3-1-2-4-21(20)25-12-16-5-8-22(29)26-13-16/h1-8,11,13-15,25H,10,12H2,(H,26,29)(H,27,30). The van der Waals surface area contributed by atoms with Gasteiger partial charge in [-0.15, -0.1) is 0 Å². The van der Waals surface area contributed by atoms with Crippen LogP contribution < -0.4 is 16.2 Å². The SMILES string of the molecule is N#CCn1cc2ccc(NC(=O)c3ccccc3NCc3ccc(=O)[nH]c3)cc2c1. The maximum Gasteiger partial charge on any atom is 0.257 e. The van der Waals surface area contributed by atoms with E-state index in [0.717, 1.165) is 16.3 Å². The first-order chi connectivity index (χ1) is 14.6. The van der Waals surface area contributed by atoms with Gasteiger partial charge >= 0.3 is 0 Å². The molecule has 0 bridgehead atoms. The normalized spacial score (nSPS) is 10.5. The Bertz CT molecular complexity index is 1290. The Morgan fingerprint density at radius 2 is 1.90 bits per heavy atom. The summed E-state index contributed by atoms with van der Waals surface area (Å²) in [7, 11) is 0. The molecule has 4 aromatic rings. The van der Waals surface area contributed by atoms with E-state index in [1.54, 1.807) is 18.3 Å². The monoisotopic (exact) mass is 397 g/mol. The van der Waals surface area contributed by atoms with Crippen molar-refractivity contribution in [1.29, 1.82) is 5.26 Å². The van der Waals surface area contributed by atoms with Crippen LogP contribution in [0, 0.1) is 11.3 Å². The lowest BCUT2D eigenvalue weighted by molar-refractivity contribution is 0.102. The predicted octanol–water partition coefficient (Wildman–Crippen LogP) is 3.72. The molecule has 2 heterocycles. The van der Waals surface area contributed by atoms with Crippen LogP contribution in [-0.2, 0) is 13.1 Å². The van der Waals surface area contributed by atoms with Gasteiger partial charge in [0.05, 0.1) is 11.6 Å². The number of aromatic amines is 1. The molecule has 0 atom stereocenters. The third-order valence-corrected chi connectivity index (χ3v) is 4.71. The topological polar surface area (TPSA) is 103 Å². The van der Waals surface area contributed by atoms with Crippen molar-refractivity contribution in [1.82, 2.24) is 9.55 Å². The Morgan fingerprint density at radius 1 is 1.07 bits per heavy atom. The number of pyridine rings is 1. The molecule has 0 aliphatic carbocycles. The van der Waals surface area contributed by atoms with Crippen molar-refractivity contribution in [2.45, 2.75) is 13.1 Å². The maximum absolute atomic E-state index is 12.9. The molecule has 0 aliphatic rings. The molecule has 3 N–H and O–H groups in total. The molecule has 0 unspecified atom stereocenters. The molecular formula is C23H19N5O2. The third-order valence-electron chi connectivity index (χ3n) is 4.71. The summed E-state index contributed by atoms with van der Waals surface area (Å²) in [5, 5.41) is 17.0. The van der Waals surface area contributed by atoms with Crippen LogP contribution in [0.1, 0.15) is 15.9 Å². The van der Waals surface area contributed by atoms with Crippen LogP contribution in [0.4, 0.5) is 11.4 Å². The quantitative estimate of drug-likeness (QED) is 0.461. The first-order valence-electron chi connectivity index (χ1n) is 9.41. The Kier molecular flexibility index (Phi) is 5.31. The van der Waals surface area contributed by atoms with Crippen molar-refractivity contribution in [2.24, 2.45) is 0 Å². The Hall–Kier alpha value is -4.31.